The molecule has 2 aromatic rings. The van der Waals surface area contributed by atoms with E-state index in [1.165, 1.54) is 18.6 Å². The molecule has 1 aromatic carbocycles. The lowest BCUT2D eigenvalue weighted by Gasteiger charge is -2.34. The largest absolute Gasteiger partial charge is 0.335 e. The molecule has 0 saturated carbocycles. The molecule has 0 bridgehead atoms. The lowest BCUT2D eigenvalue weighted by atomic mass is 10.1. The minimum Gasteiger partial charge on any atom is -0.335 e. The van der Waals surface area contributed by atoms with E-state index in [-0.39, 0.29) is 11.8 Å². The first-order valence-corrected chi connectivity index (χ1v) is 7.63. The first-order valence-electron chi connectivity index (χ1n) is 7.26. The van der Waals surface area contributed by atoms with Crippen molar-refractivity contribution in [2.45, 2.75) is 0 Å². The smallest absolute Gasteiger partial charge is 0.274 e. The first kappa shape index (κ1) is 15.4. The summed E-state index contributed by atoms with van der Waals surface area (Å²) in [5.74, 6) is -0.273. The molecule has 0 aliphatic carbocycles. The summed E-state index contributed by atoms with van der Waals surface area (Å²) < 4.78 is 0. The quantitative estimate of drug-likeness (QED) is 0.841. The molecule has 0 radical (unpaired) electrons. The van der Waals surface area contributed by atoms with Crippen LogP contribution >= 0.6 is 11.6 Å². The molecule has 0 unspecified atom stereocenters. The van der Waals surface area contributed by atoms with E-state index in [4.69, 9.17) is 11.6 Å². The van der Waals surface area contributed by atoms with E-state index in [0.717, 1.165) is 0 Å². The number of rotatable bonds is 2. The number of nitrogens with zero attached hydrogens (tertiary/aromatic N) is 4. The van der Waals surface area contributed by atoms with Crippen molar-refractivity contribution >= 4 is 23.4 Å². The maximum Gasteiger partial charge on any atom is 0.274 e. The van der Waals surface area contributed by atoms with Crippen LogP contribution in [0.5, 0.6) is 0 Å². The monoisotopic (exact) mass is 330 g/mol. The molecule has 1 fully saturated rings. The zero-order valence-electron chi connectivity index (χ0n) is 12.4. The van der Waals surface area contributed by atoms with E-state index in [0.29, 0.717) is 42.5 Å². The second-order valence-corrected chi connectivity index (χ2v) is 5.56. The molecule has 3 rings (SSSR count). The molecule has 0 spiro atoms. The number of benzene rings is 1. The lowest BCUT2D eigenvalue weighted by molar-refractivity contribution is 0.0532. The van der Waals surface area contributed by atoms with E-state index in [1.54, 1.807) is 34.1 Å². The molecule has 0 N–H and O–H groups in total. The van der Waals surface area contributed by atoms with Crippen LogP contribution in [0.2, 0.25) is 5.02 Å². The minimum absolute atomic E-state index is 0.109. The predicted molar refractivity (Wildman–Crippen MR) is 85.3 cm³/mol. The molecule has 1 aliphatic rings. The highest BCUT2D eigenvalue weighted by atomic mass is 35.5. The summed E-state index contributed by atoms with van der Waals surface area (Å²) in [5.41, 5.74) is 0.807. The van der Waals surface area contributed by atoms with Gasteiger partial charge in [0.1, 0.15) is 5.69 Å². The lowest BCUT2D eigenvalue weighted by Crippen LogP contribution is -2.50. The third kappa shape index (κ3) is 3.32. The summed E-state index contributed by atoms with van der Waals surface area (Å²) in [6.45, 7) is 1.86. The summed E-state index contributed by atoms with van der Waals surface area (Å²) in [6.07, 6.45) is 4.46. The van der Waals surface area contributed by atoms with Gasteiger partial charge in [-0.05, 0) is 12.1 Å². The van der Waals surface area contributed by atoms with Crippen LogP contribution in [0.3, 0.4) is 0 Å². The molecule has 23 heavy (non-hydrogen) atoms. The van der Waals surface area contributed by atoms with Gasteiger partial charge in [-0.3, -0.25) is 14.6 Å². The Morgan fingerprint density at radius 3 is 2.22 bits per heavy atom. The summed E-state index contributed by atoms with van der Waals surface area (Å²) in [6, 6.07) is 6.98. The fourth-order valence-corrected chi connectivity index (χ4v) is 2.71. The third-order valence-electron chi connectivity index (χ3n) is 3.74. The normalized spacial score (nSPS) is 14.7. The molecule has 7 heteroatoms. The van der Waals surface area contributed by atoms with Gasteiger partial charge in [-0.2, -0.15) is 0 Å². The van der Waals surface area contributed by atoms with Gasteiger partial charge in [0.25, 0.3) is 11.8 Å². The highest BCUT2D eigenvalue weighted by Gasteiger charge is 2.26. The average Bonchev–Trinajstić information content (AvgIpc) is 2.62. The number of hydrogen-bond acceptors (Lipinski definition) is 4. The summed E-state index contributed by atoms with van der Waals surface area (Å²) in [7, 11) is 0. The fourth-order valence-electron chi connectivity index (χ4n) is 2.49. The van der Waals surface area contributed by atoms with Gasteiger partial charge in [0, 0.05) is 38.6 Å². The molecule has 0 atom stereocenters. The van der Waals surface area contributed by atoms with Crippen molar-refractivity contribution in [3.8, 4) is 0 Å². The Balaban J connectivity index is 1.64. The van der Waals surface area contributed by atoms with Crippen LogP contribution in [0, 0.1) is 0 Å². The van der Waals surface area contributed by atoms with Gasteiger partial charge < -0.3 is 9.80 Å². The van der Waals surface area contributed by atoms with Crippen LogP contribution in [0.25, 0.3) is 0 Å². The van der Waals surface area contributed by atoms with Gasteiger partial charge in [-0.1, -0.05) is 23.7 Å². The molecule has 2 heterocycles. The molecule has 1 saturated heterocycles. The van der Waals surface area contributed by atoms with E-state index in [2.05, 4.69) is 9.97 Å². The molecule has 1 aromatic heterocycles. The van der Waals surface area contributed by atoms with Crippen molar-refractivity contribution in [1.29, 1.82) is 0 Å². The molecule has 118 valence electrons. The van der Waals surface area contributed by atoms with Crippen LogP contribution in [0.1, 0.15) is 20.8 Å². The van der Waals surface area contributed by atoms with E-state index in [1.807, 2.05) is 0 Å². The maximum atomic E-state index is 12.5. The van der Waals surface area contributed by atoms with Crippen molar-refractivity contribution in [3.05, 3.63) is 59.1 Å². The Hall–Kier alpha value is -2.47. The minimum atomic E-state index is -0.164. The number of piperazine rings is 1. The van der Waals surface area contributed by atoms with Crippen LogP contribution in [-0.4, -0.2) is 57.8 Å². The molecule has 6 nitrogen and oxygen atoms in total. The molecule has 1 aliphatic heterocycles. The van der Waals surface area contributed by atoms with Gasteiger partial charge in [0.05, 0.1) is 16.8 Å². The van der Waals surface area contributed by atoms with E-state index in [9.17, 15) is 9.59 Å². The summed E-state index contributed by atoms with van der Waals surface area (Å²) >= 11 is 6.07. The second-order valence-electron chi connectivity index (χ2n) is 5.15. The predicted octanol–water partition coefficient (Wildman–Crippen LogP) is 1.73. The fraction of sp³-hybridized carbons (Fsp3) is 0.250. The van der Waals surface area contributed by atoms with Gasteiger partial charge in [-0.25, -0.2) is 4.98 Å². The van der Waals surface area contributed by atoms with Crippen LogP contribution in [0.15, 0.2) is 42.9 Å². The van der Waals surface area contributed by atoms with Gasteiger partial charge in [-0.15, -0.1) is 0 Å². The number of carbonyl (C=O) groups excluding carboxylic acids is 2. The SMILES string of the molecule is O=C(c1cnccn1)N1CCN(C(=O)c2ccccc2Cl)CC1. The Kier molecular flexibility index (Phi) is 4.52. The summed E-state index contributed by atoms with van der Waals surface area (Å²) in [4.78, 5) is 36.1. The van der Waals surface area contributed by atoms with E-state index < -0.39 is 0 Å². The van der Waals surface area contributed by atoms with E-state index >= 15 is 0 Å². The number of aromatic nitrogens is 2. The van der Waals surface area contributed by atoms with Gasteiger partial charge >= 0.3 is 0 Å². The van der Waals surface area contributed by atoms with Crippen molar-refractivity contribution in [2.24, 2.45) is 0 Å². The Morgan fingerprint density at radius 2 is 1.61 bits per heavy atom. The van der Waals surface area contributed by atoms with Crippen molar-refractivity contribution in [2.75, 3.05) is 26.2 Å². The van der Waals surface area contributed by atoms with Crippen molar-refractivity contribution in [3.63, 3.8) is 0 Å². The van der Waals surface area contributed by atoms with Crippen LogP contribution in [-0.2, 0) is 0 Å². The second kappa shape index (κ2) is 6.75. The third-order valence-corrected chi connectivity index (χ3v) is 4.07. The number of hydrogen-bond donors (Lipinski definition) is 0. The molecular weight excluding hydrogens is 316 g/mol. The Bertz CT molecular complexity index is 715. The van der Waals surface area contributed by atoms with Gasteiger partial charge in [0.2, 0.25) is 0 Å². The average molecular weight is 331 g/mol. The highest BCUT2D eigenvalue weighted by molar-refractivity contribution is 6.33. The van der Waals surface area contributed by atoms with Crippen molar-refractivity contribution < 1.29 is 9.59 Å². The Labute approximate surface area is 138 Å². The Morgan fingerprint density at radius 1 is 0.957 bits per heavy atom. The van der Waals surface area contributed by atoms with Crippen LogP contribution < -0.4 is 0 Å². The maximum absolute atomic E-state index is 12.5. The highest BCUT2D eigenvalue weighted by Crippen LogP contribution is 2.18. The molecular formula is C16H15ClN4O2. The summed E-state index contributed by atoms with van der Waals surface area (Å²) in [5, 5.41) is 0.440. The topological polar surface area (TPSA) is 66.4 Å². The van der Waals surface area contributed by atoms with Crippen molar-refractivity contribution in [1.82, 2.24) is 19.8 Å². The van der Waals surface area contributed by atoms with Gasteiger partial charge in [0.15, 0.2) is 0 Å². The zero-order chi connectivity index (χ0) is 16.2. The zero-order valence-corrected chi connectivity index (χ0v) is 13.1. The standard InChI is InChI=1S/C16H15ClN4O2/c17-13-4-2-1-3-12(13)15(22)20-7-9-21(10-8-20)16(23)14-11-18-5-6-19-14/h1-6,11H,7-10H2. The first-order chi connectivity index (χ1) is 11.2. The number of halogens is 1. The number of carbonyl (C=O) groups is 2. The van der Waals surface area contributed by atoms with Crippen LogP contribution in [0.4, 0.5) is 0 Å². The molecule has 2 amide bonds. The number of amides is 2.